The summed E-state index contributed by atoms with van der Waals surface area (Å²) in [6.45, 7) is 4.77. The van der Waals surface area contributed by atoms with Crippen molar-refractivity contribution in [2.24, 2.45) is 5.92 Å². The van der Waals surface area contributed by atoms with E-state index in [1.807, 2.05) is 36.3 Å². The summed E-state index contributed by atoms with van der Waals surface area (Å²) in [5.41, 5.74) is 0.876. The predicted molar refractivity (Wildman–Crippen MR) is 118 cm³/mol. The largest absolute Gasteiger partial charge is 0.332 e. The van der Waals surface area contributed by atoms with Crippen LogP contribution in [0, 0.1) is 11.7 Å². The highest BCUT2D eigenvalue weighted by molar-refractivity contribution is 7.09. The Morgan fingerprint density at radius 2 is 1.77 bits per heavy atom. The average Bonchev–Trinajstić information content (AvgIpc) is 3.26. The van der Waals surface area contributed by atoms with Crippen LogP contribution in [0.4, 0.5) is 4.39 Å². The van der Waals surface area contributed by atoms with Crippen LogP contribution in [0.5, 0.6) is 0 Å². The van der Waals surface area contributed by atoms with Crippen LogP contribution >= 0.6 is 11.3 Å². The van der Waals surface area contributed by atoms with E-state index in [2.05, 4.69) is 0 Å². The minimum atomic E-state index is -0.291. The van der Waals surface area contributed by atoms with E-state index in [1.165, 1.54) is 18.6 Å². The zero-order chi connectivity index (χ0) is 21.5. The summed E-state index contributed by atoms with van der Waals surface area (Å²) in [5, 5.41) is 1.99. The van der Waals surface area contributed by atoms with E-state index in [-0.39, 0.29) is 36.1 Å². The predicted octanol–water partition coefficient (Wildman–Crippen LogP) is 5.23. The maximum atomic E-state index is 13.4. The molecule has 0 saturated heterocycles. The molecule has 2 amide bonds. The van der Waals surface area contributed by atoms with Gasteiger partial charge >= 0.3 is 0 Å². The lowest BCUT2D eigenvalue weighted by atomic mass is 9.93. The van der Waals surface area contributed by atoms with Crippen LogP contribution in [0.15, 0.2) is 41.8 Å². The minimum Gasteiger partial charge on any atom is -0.332 e. The molecule has 0 radical (unpaired) electrons. The molecule has 2 aromatic rings. The SMILES string of the molecule is CC(C)C(=O)N(CC(=O)N(Cc1ccc(F)cc1)Cc1cccs1)C1CCCCC1. The smallest absolute Gasteiger partial charge is 0.242 e. The molecule has 1 aromatic carbocycles. The minimum absolute atomic E-state index is 0.0492. The molecule has 30 heavy (non-hydrogen) atoms. The molecule has 3 rings (SSSR count). The van der Waals surface area contributed by atoms with Crippen molar-refractivity contribution < 1.29 is 14.0 Å². The zero-order valence-corrected chi connectivity index (χ0v) is 18.7. The molecule has 1 fully saturated rings. The van der Waals surface area contributed by atoms with Crippen molar-refractivity contribution in [3.8, 4) is 0 Å². The van der Waals surface area contributed by atoms with Crippen molar-refractivity contribution in [2.45, 2.75) is 65.1 Å². The molecule has 162 valence electrons. The lowest BCUT2D eigenvalue weighted by molar-refractivity contribution is -0.145. The van der Waals surface area contributed by atoms with Gasteiger partial charge in [-0.25, -0.2) is 4.39 Å². The Labute approximate surface area is 182 Å². The van der Waals surface area contributed by atoms with E-state index in [0.29, 0.717) is 13.1 Å². The van der Waals surface area contributed by atoms with Gasteiger partial charge in [-0.1, -0.05) is 51.3 Å². The average molecular weight is 431 g/mol. The van der Waals surface area contributed by atoms with Crippen molar-refractivity contribution in [1.29, 1.82) is 0 Å². The second-order valence-corrected chi connectivity index (χ2v) is 9.40. The van der Waals surface area contributed by atoms with Crippen LogP contribution in [0.1, 0.15) is 56.4 Å². The number of nitrogens with zero attached hydrogens (tertiary/aromatic N) is 2. The van der Waals surface area contributed by atoms with Crippen LogP contribution in [-0.4, -0.2) is 34.2 Å². The molecule has 1 aliphatic carbocycles. The molecule has 0 unspecified atom stereocenters. The third-order valence-corrected chi connectivity index (χ3v) is 6.53. The topological polar surface area (TPSA) is 40.6 Å². The summed E-state index contributed by atoms with van der Waals surface area (Å²) < 4.78 is 13.3. The summed E-state index contributed by atoms with van der Waals surface area (Å²) in [6.07, 6.45) is 5.34. The highest BCUT2D eigenvalue weighted by Gasteiger charge is 2.30. The van der Waals surface area contributed by atoms with Gasteiger partial charge in [0.1, 0.15) is 12.4 Å². The van der Waals surface area contributed by atoms with Gasteiger partial charge in [-0.2, -0.15) is 0 Å². The van der Waals surface area contributed by atoms with Crippen molar-refractivity contribution in [2.75, 3.05) is 6.54 Å². The number of thiophene rings is 1. The molecule has 6 heteroatoms. The van der Waals surface area contributed by atoms with Crippen molar-refractivity contribution >= 4 is 23.2 Å². The Bertz CT molecular complexity index is 814. The second-order valence-electron chi connectivity index (χ2n) is 8.37. The Morgan fingerprint density at radius 1 is 1.07 bits per heavy atom. The van der Waals surface area contributed by atoms with E-state index in [9.17, 15) is 14.0 Å². The Morgan fingerprint density at radius 3 is 2.37 bits per heavy atom. The van der Waals surface area contributed by atoms with Gasteiger partial charge in [0, 0.05) is 23.4 Å². The standard InChI is InChI=1S/C24H31FN2O2S/c1-18(2)24(29)27(21-7-4-3-5-8-21)17-23(28)26(16-22-9-6-14-30-22)15-19-10-12-20(25)13-11-19/h6,9-14,18,21H,3-5,7-8,15-17H2,1-2H3. The Hall–Kier alpha value is -2.21. The summed E-state index contributed by atoms with van der Waals surface area (Å²) >= 11 is 1.61. The maximum absolute atomic E-state index is 13.4. The third-order valence-electron chi connectivity index (χ3n) is 5.66. The van der Waals surface area contributed by atoms with Crippen LogP contribution in [-0.2, 0) is 22.7 Å². The lowest BCUT2D eigenvalue weighted by Gasteiger charge is -2.36. The monoisotopic (exact) mass is 430 g/mol. The second kappa shape index (κ2) is 10.7. The highest BCUT2D eigenvalue weighted by Crippen LogP contribution is 2.24. The van der Waals surface area contributed by atoms with Crippen molar-refractivity contribution in [1.82, 2.24) is 9.80 Å². The fourth-order valence-corrected chi connectivity index (χ4v) is 4.71. The molecular formula is C24H31FN2O2S. The summed E-state index contributed by atoms with van der Waals surface area (Å²) in [4.78, 5) is 31.0. The first kappa shape index (κ1) is 22.5. The highest BCUT2D eigenvalue weighted by atomic mass is 32.1. The fourth-order valence-electron chi connectivity index (χ4n) is 3.99. The number of carbonyl (C=O) groups is 2. The summed E-state index contributed by atoms with van der Waals surface area (Å²) in [7, 11) is 0. The van der Waals surface area contributed by atoms with Crippen LogP contribution in [0.3, 0.4) is 0 Å². The summed E-state index contributed by atoms with van der Waals surface area (Å²) in [5.74, 6) is -0.441. The molecule has 4 nitrogen and oxygen atoms in total. The van der Waals surface area contributed by atoms with Gasteiger partial charge in [0.2, 0.25) is 11.8 Å². The van der Waals surface area contributed by atoms with Gasteiger partial charge in [-0.15, -0.1) is 11.3 Å². The van der Waals surface area contributed by atoms with Gasteiger partial charge in [-0.05, 0) is 42.0 Å². The van der Waals surface area contributed by atoms with Crippen LogP contribution < -0.4 is 0 Å². The lowest BCUT2D eigenvalue weighted by Crippen LogP contribution is -2.49. The van der Waals surface area contributed by atoms with E-state index in [4.69, 9.17) is 0 Å². The van der Waals surface area contributed by atoms with Crippen molar-refractivity contribution in [3.05, 3.63) is 58.0 Å². The van der Waals surface area contributed by atoms with E-state index in [1.54, 1.807) is 28.4 Å². The van der Waals surface area contributed by atoms with Crippen molar-refractivity contribution in [3.63, 3.8) is 0 Å². The molecule has 0 aliphatic heterocycles. The molecule has 0 bridgehead atoms. The van der Waals surface area contributed by atoms with E-state index in [0.717, 1.165) is 36.1 Å². The fraction of sp³-hybridized carbons (Fsp3) is 0.500. The first-order valence-electron chi connectivity index (χ1n) is 10.8. The van der Waals surface area contributed by atoms with E-state index >= 15 is 0 Å². The number of hydrogen-bond donors (Lipinski definition) is 0. The van der Waals surface area contributed by atoms with Crippen LogP contribution in [0.25, 0.3) is 0 Å². The molecule has 1 heterocycles. The molecule has 1 aliphatic rings. The van der Waals surface area contributed by atoms with Crippen LogP contribution in [0.2, 0.25) is 0 Å². The molecule has 1 saturated carbocycles. The molecular weight excluding hydrogens is 399 g/mol. The maximum Gasteiger partial charge on any atom is 0.242 e. The number of hydrogen-bond acceptors (Lipinski definition) is 3. The van der Waals surface area contributed by atoms with Gasteiger partial charge < -0.3 is 9.80 Å². The van der Waals surface area contributed by atoms with Gasteiger partial charge in [0.25, 0.3) is 0 Å². The molecule has 1 aromatic heterocycles. The van der Waals surface area contributed by atoms with Gasteiger partial charge in [0.05, 0.1) is 6.54 Å². The third kappa shape index (κ3) is 6.14. The zero-order valence-electron chi connectivity index (χ0n) is 17.9. The molecule has 0 spiro atoms. The normalized spacial score (nSPS) is 14.7. The first-order valence-corrected chi connectivity index (χ1v) is 11.7. The number of benzene rings is 1. The van der Waals surface area contributed by atoms with Gasteiger partial charge in [0.15, 0.2) is 0 Å². The summed E-state index contributed by atoms with van der Waals surface area (Å²) in [6, 6.07) is 10.4. The molecule has 0 N–H and O–H groups in total. The van der Waals surface area contributed by atoms with Gasteiger partial charge in [-0.3, -0.25) is 9.59 Å². The first-order chi connectivity index (χ1) is 14.4. The Kier molecular flexibility index (Phi) is 8.02. The Balaban J connectivity index is 1.78. The number of rotatable bonds is 8. The number of halogens is 1. The number of amides is 2. The quantitative estimate of drug-likeness (QED) is 0.575. The van der Waals surface area contributed by atoms with E-state index < -0.39 is 0 Å². The number of carbonyl (C=O) groups excluding carboxylic acids is 2. The molecule has 0 atom stereocenters.